The smallest absolute Gasteiger partial charge is 0.169 e. The number of hydrogen-bond donors (Lipinski definition) is 1. The Morgan fingerprint density at radius 2 is 1.20 bits per heavy atom. The van der Waals surface area contributed by atoms with Crippen molar-refractivity contribution < 1.29 is 28.4 Å². The molecule has 0 radical (unpaired) electrons. The lowest BCUT2D eigenvalue weighted by molar-refractivity contribution is -0.838. The number of nitrogens with one attached hydrogen (secondary N) is 1. The normalized spacial score (nSPS) is 14.5. The van der Waals surface area contributed by atoms with Crippen LogP contribution in [-0.4, -0.2) is 51.0 Å². The van der Waals surface area contributed by atoms with Gasteiger partial charge in [0.05, 0.1) is 50.7 Å². The Morgan fingerprint density at radius 3 is 1.76 bits per heavy atom. The molecule has 2 heterocycles. The summed E-state index contributed by atoms with van der Waals surface area (Å²) in [4.78, 5) is 1.49. The third-order valence-electron chi connectivity index (χ3n) is 7.12. The van der Waals surface area contributed by atoms with Crippen molar-refractivity contribution in [3.63, 3.8) is 0 Å². The predicted molar refractivity (Wildman–Crippen MR) is 195 cm³/mol. The highest BCUT2D eigenvalue weighted by molar-refractivity contribution is 8.76. The molecule has 4 rings (SSSR count). The van der Waals surface area contributed by atoms with Gasteiger partial charge in [-0.15, -0.1) is 0 Å². The van der Waals surface area contributed by atoms with E-state index >= 15 is 0 Å². The van der Waals surface area contributed by atoms with Crippen molar-refractivity contribution in [2.45, 2.75) is 34.2 Å². The fourth-order valence-corrected chi connectivity index (χ4v) is 6.85. The van der Waals surface area contributed by atoms with Crippen LogP contribution in [0.3, 0.4) is 0 Å². The zero-order valence-electron chi connectivity index (χ0n) is 27.6. The first-order valence-electron chi connectivity index (χ1n) is 16.2. The Morgan fingerprint density at radius 1 is 0.652 bits per heavy atom. The van der Waals surface area contributed by atoms with E-state index < -0.39 is 0 Å². The number of quaternary nitrogens is 1. The van der Waals surface area contributed by atoms with Crippen LogP contribution in [0.4, 0.5) is 0 Å². The number of pyridine rings is 1. The summed E-state index contributed by atoms with van der Waals surface area (Å²) in [5, 5.41) is 0. The van der Waals surface area contributed by atoms with Gasteiger partial charge < -0.3 is 23.8 Å². The first-order valence-corrected chi connectivity index (χ1v) is 18.7. The van der Waals surface area contributed by atoms with Crippen LogP contribution >= 0.6 is 21.6 Å². The monoisotopic (exact) mass is 660 g/mol. The fourth-order valence-electron chi connectivity index (χ4n) is 4.80. The third-order valence-corrected chi connectivity index (χ3v) is 9.51. The molecule has 1 N–H and O–H groups in total. The van der Waals surface area contributed by atoms with Gasteiger partial charge in [0.15, 0.2) is 41.9 Å². The summed E-state index contributed by atoms with van der Waals surface area (Å²) in [6, 6.07) is 16.5. The van der Waals surface area contributed by atoms with Gasteiger partial charge in [-0.3, -0.25) is 0 Å². The molecule has 0 bridgehead atoms. The maximum Gasteiger partial charge on any atom is 0.169 e. The molecule has 0 saturated carbocycles. The Labute approximate surface area is 283 Å². The van der Waals surface area contributed by atoms with E-state index in [1.165, 1.54) is 16.0 Å². The van der Waals surface area contributed by atoms with E-state index in [1.807, 2.05) is 73.5 Å². The third kappa shape index (κ3) is 11.6. The average molecular weight is 661 g/mol. The quantitative estimate of drug-likeness (QED) is 0.0836. The number of nitrogens with zero attached hydrogens (tertiary/aromatic N) is 1. The van der Waals surface area contributed by atoms with Gasteiger partial charge in [0.25, 0.3) is 0 Å². The topological polar surface area (TPSA) is 45.2 Å². The minimum absolute atomic E-state index is 0.611. The van der Waals surface area contributed by atoms with Crippen LogP contribution in [0.1, 0.15) is 44.4 Å². The van der Waals surface area contributed by atoms with E-state index in [0.717, 1.165) is 65.3 Å². The highest BCUT2D eigenvalue weighted by Crippen LogP contribution is 2.30. The van der Waals surface area contributed by atoms with Crippen molar-refractivity contribution in [1.29, 1.82) is 0 Å². The largest absolute Gasteiger partial charge is 0.490 e. The number of aryl methyl sites for hydroxylation is 1. The van der Waals surface area contributed by atoms with Gasteiger partial charge in [-0.25, -0.2) is 4.57 Å². The second kappa shape index (κ2) is 19.8. The van der Waals surface area contributed by atoms with Gasteiger partial charge in [-0.1, -0.05) is 58.0 Å². The molecule has 6 nitrogen and oxygen atoms in total. The summed E-state index contributed by atoms with van der Waals surface area (Å²) in [5.41, 5.74) is 4.60. The lowest BCUT2D eigenvalue weighted by Crippen LogP contribution is -3.08. The average Bonchev–Trinajstić information content (AvgIpc) is 3.08. The molecule has 0 spiro atoms. The Kier molecular flexibility index (Phi) is 15.2. The van der Waals surface area contributed by atoms with Crippen LogP contribution in [0.15, 0.2) is 90.9 Å². The molecule has 1 aliphatic heterocycles. The summed E-state index contributed by atoms with van der Waals surface area (Å²) < 4.78 is 25.1. The van der Waals surface area contributed by atoms with Gasteiger partial charge in [0.1, 0.15) is 6.54 Å². The van der Waals surface area contributed by atoms with E-state index in [-0.39, 0.29) is 0 Å². The van der Waals surface area contributed by atoms with Gasteiger partial charge in [-0.05, 0) is 86.4 Å². The van der Waals surface area contributed by atoms with Crippen LogP contribution in [0.25, 0.3) is 18.2 Å². The lowest BCUT2D eigenvalue weighted by Gasteiger charge is -2.16. The molecule has 1 atom stereocenters. The SMILES string of the molecule is CCOc1ccc(/C=C/C2=CC[NH+](CCSSCC[n+]3ccc(/C=C/c4ccc(OCC)c(OCC)c4)cc3)C=C2)cc1OCC. The molecular formula is C38H48N2O4S2+2. The molecule has 3 aromatic rings. The highest BCUT2D eigenvalue weighted by atomic mass is 33.1. The molecule has 0 aliphatic carbocycles. The van der Waals surface area contributed by atoms with Gasteiger partial charge in [0, 0.05) is 12.1 Å². The molecular weight excluding hydrogens is 613 g/mol. The first-order chi connectivity index (χ1) is 22.6. The van der Waals surface area contributed by atoms with Crippen LogP contribution in [0.2, 0.25) is 0 Å². The van der Waals surface area contributed by atoms with Crippen molar-refractivity contribution in [1.82, 2.24) is 0 Å². The van der Waals surface area contributed by atoms with Crippen LogP contribution < -0.4 is 28.4 Å². The first kappa shape index (κ1) is 35.3. The molecule has 1 unspecified atom stereocenters. The van der Waals surface area contributed by atoms with E-state index in [1.54, 1.807) is 0 Å². The zero-order chi connectivity index (χ0) is 32.4. The van der Waals surface area contributed by atoms with Crippen molar-refractivity contribution >= 4 is 39.8 Å². The van der Waals surface area contributed by atoms with Crippen molar-refractivity contribution in [3.8, 4) is 23.0 Å². The summed E-state index contributed by atoms with van der Waals surface area (Å²) in [6.45, 7) is 13.5. The molecule has 0 fully saturated rings. The van der Waals surface area contributed by atoms with Crippen molar-refractivity contribution in [3.05, 3.63) is 108 Å². The zero-order valence-corrected chi connectivity index (χ0v) is 29.2. The van der Waals surface area contributed by atoms with E-state index in [4.69, 9.17) is 18.9 Å². The van der Waals surface area contributed by atoms with Crippen LogP contribution in [0.5, 0.6) is 23.0 Å². The van der Waals surface area contributed by atoms with E-state index in [0.29, 0.717) is 26.4 Å². The predicted octanol–water partition coefficient (Wildman–Crippen LogP) is 7.17. The highest BCUT2D eigenvalue weighted by Gasteiger charge is 2.10. The minimum Gasteiger partial charge on any atom is -0.490 e. The Hall–Kier alpha value is -3.59. The molecule has 8 heteroatoms. The lowest BCUT2D eigenvalue weighted by atomic mass is 10.1. The number of benzene rings is 2. The summed E-state index contributed by atoms with van der Waals surface area (Å²) in [7, 11) is 3.91. The molecule has 244 valence electrons. The number of ether oxygens (including phenoxy) is 4. The van der Waals surface area contributed by atoms with Crippen LogP contribution in [0, 0.1) is 0 Å². The standard InChI is InChI=1S/C38H47N2O4S2/c1-5-41-35-15-13-33(29-37(35)43-7-3)11-9-31-17-21-39(22-18-31)25-27-45-46-28-26-40-23-19-32(20-24-40)10-12-34-14-16-36(42-6-2)38(30-34)44-8-4/h9-23,29-30H,5-8,24-28H2,1-4H3/q+1/p+1/b11-9+,12-10+. The molecule has 2 aromatic carbocycles. The second-order valence-electron chi connectivity index (χ2n) is 10.5. The number of rotatable bonds is 19. The van der Waals surface area contributed by atoms with Crippen molar-refractivity contribution in [2.75, 3.05) is 51.0 Å². The Balaban J connectivity index is 1.12. The van der Waals surface area contributed by atoms with Gasteiger partial charge >= 0.3 is 0 Å². The Bertz CT molecular complexity index is 1480. The van der Waals surface area contributed by atoms with Crippen molar-refractivity contribution in [2.24, 2.45) is 0 Å². The summed E-state index contributed by atoms with van der Waals surface area (Å²) in [6.07, 6.45) is 19.7. The molecule has 1 aromatic heterocycles. The second-order valence-corrected chi connectivity index (χ2v) is 13.2. The fraction of sp³-hybridized carbons (Fsp3) is 0.342. The number of aromatic nitrogens is 1. The van der Waals surface area contributed by atoms with Gasteiger partial charge in [0.2, 0.25) is 0 Å². The van der Waals surface area contributed by atoms with Crippen LogP contribution in [-0.2, 0) is 6.54 Å². The maximum absolute atomic E-state index is 5.76. The molecule has 46 heavy (non-hydrogen) atoms. The number of allylic oxidation sites excluding steroid dienone is 3. The van der Waals surface area contributed by atoms with E-state index in [2.05, 4.69) is 83.9 Å². The molecule has 0 amide bonds. The van der Waals surface area contributed by atoms with Gasteiger partial charge in [-0.2, -0.15) is 0 Å². The maximum atomic E-state index is 5.76. The molecule has 1 aliphatic rings. The summed E-state index contributed by atoms with van der Waals surface area (Å²) in [5.74, 6) is 5.37. The van der Waals surface area contributed by atoms with E-state index in [9.17, 15) is 0 Å². The molecule has 0 saturated heterocycles. The summed E-state index contributed by atoms with van der Waals surface area (Å²) >= 11 is 0. The minimum atomic E-state index is 0.611. The number of hydrogen-bond acceptors (Lipinski definition) is 6.